The van der Waals surface area contributed by atoms with Gasteiger partial charge in [0, 0.05) is 12.8 Å². The lowest BCUT2D eigenvalue weighted by Crippen LogP contribution is -2.31. The van der Waals surface area contributed by atoms with Crippen LogP contribution in [0.1, 0.15) is 204 Å². The van der Waals surface area contributed by atoms with Crippen LogP contribution in [0.5, 0.6) is 0 Å². The summed E-state index contributed by atoms with van der Waals surface area (Å²) in [5.41, 5.74) is 0.430. The van der Waals surface area contributed by atoms with E-state index in [1.807, 2.05) is 36.4 Å². The second-order valence-electron chi connectivity index (χ2n) is 14.9. The minimum absolute atomic E-state index is 0.139. The van der Waals surface area contributed by atoms with Crippen molar-refractivity contribution >= 4 is 28.7 Å². The van der Waals surface area contributed by atoms with E-state index in [2.05, 4.69) is 13.8 Å². The Morgan fingerprint density at radius 3 is 1.25 bits per heavy atom. The molecule has 0 bridgehead atoms. The van der Waals surface area contributed by atoms with Crippen molar-refractivity contribution in [3.05, 3.63) is 48.0 Å². The number of benzene rings is 2. The van der Waals surface area contributed by atoms with Gasteiger partial charge < -0.3 is 14.2 Å². The molecule has 6 heteroatoms. The number of hydrogen-bond donors (Lipinski definition) is 0. The van der Waals surface area contributed by atoms with Crippen molar-refractivity contribution in [1.29, 1.82) is 0 Å². The predicted molar refractivity (Wildman–Crippen MR) is 216 cm³/mol. The summed E-state index contributed by atoms with van der Waals surface area (Å²) < 4.78 is 16.9. The van der Waals surface area contributed by atoms with Crippen LogP contribution in [0.2, 0.25) is 0 Å². The maximum atomic E-state index is 13.3. The molecular formula is C46H74O6. The zero-order valence-electron chi connectivity index (χ0n) is 33.3. The Labute approximate surface area is 317 Å². The first-order chi connectivity index (χ1) is 25.5. The number of carbonyl (C=O) groups excluding carboxylic acids is 3. The maximum absolute atomic E-state index is 13.3. The molecule has 0 aliphatic carbocycles. The largest absolute Gasteiger partial charge is 0.462 e. The summed E-state index contributed by atoms with van der Waals surface area (Å²) in [4.78, 5) is 38.5. The Morgan fingerprint density at radius 1 is 0.462 bits per heavy atom. The molecule has 0 aliphatic rings. The molecule has 0 aromatic heterocycles. The van der Waals surface area contributed by atoms with E-state index in [-0.39, 0.29) is 25.2 Å². The minimum atomic E-state index is -0.877. The molecule has 0 spiro atoms. The van der Waals surface area contributed by atoms with Gasteiger partial charge in [0.1, 0.15) is 13.2 Å². The SMILES string of the molecule is CCCCCCCCCCCCCCCC(=O)OCC(COC(=O)CCCCCCCCCCCCCCC)OC(=O)c1cccc2ccccc12. The Hall–Kier alpha value is -2.89. The zero-order chi connectivity index (χ0) is 37.3. The molecule has 0 atom stereocenters. The number of carbonyl (C=O) groups is 3. The number of unbranched alkanes of at least 4 members (excludes halogenated alkanes) is 24. The van der Waals surface area contributed by atoms with E-state index in [1.165, 1.54) is 128 Å². The third-order valence-corrected chi connectivity index (χ3v) is 10.1. The second kappa shape index (κ2) is 31.6. The van der Waals surface area contributed by atoms with Crippen molar-refractivity contribution in [2.45, 2.75) is 200 Å². The summed E-state index contributed by atoms with van der Waals surface area (Å²) in [6.07, 6.45) is 32.1. The van der Waals surface area contributed by atoms with Gasteiger partial charge in [-0.3, -0.25) is 9.59 Å². The number of hydrogen-bond acceptors (Lipinski definition) is 6. The number of esters is 3. The first-order valence-electron chi connectivity index (χ1n) is 21.5. The van der Waals surface area contributed by atoms with Gasteiger partial charge in [-0.1, -0.05) is 204 Å². The van der Waals surface area contributed by atoms with Gasteiger partial charge in [-0.25, -0.2) is 4.79 Å². The van der Waals surface area contributed by atoms with Crippen LogP contribution in [0.3, 0.4) is 0 Å². The molecule has 2 aromatic carbocycles. The summed E-state index contributed by atoms with van der Waals surface area (Å²) in [6.45, 7) is 4.24. The van der Waals surface area contributed by atoms with Gasteiger partial charge in [0.2, 0.25) is 0 Å². The Morgan fingerprint density at radius 2 is 0.827 bits per heavy atom. The first kappa shape index (κ1) is 45.3. The van der Waals surface area contributed by atoms with Gasteiger partial charge in [0.05, 0.1) is 5.56 Å². The van der Waals surface area contributed by atoms with E-state index in [0.717, 1.165) is 49.3 Å². The monoisotopic (exact) mass is 723 g/mol. The molecule has 2 aromatic rings. The van der Waals surface area contributed by atoms with E-state index >= 15 is 0 Å². The van der Waals surface area contributed by atoms with Crippen molar-refractivity contribution in [2.75, 3.05) is 13.2 Å². The highest BCUT2D eigenvalue weighted by Crippen LogP contribution is 2.20. The molecule has 294 valence electrons. The van der Waals surface area contributed by atoms with Crippen LogP contribution in [0, 0.1) is 0 Å². The van der Waals surface area contributed by atoms with Gasteiger partial charge >= 0.3 is 17.9 Å². The minimum Gasteiger partial charge on any atom is -0.462 e. The molecule has 2 rings (SSSR count). The van der Waals surface area contributed by atoms with Crippen molar-refractivity contribution in [2.24, 2.45) is 0 Å². The van der Waals surface area contributed by atoms with E-state index < -0.39 is 12.1 Å². The molecule has 0 radical (unpaired) electrons. The molecule has 0 saturated heterocycles. The molecule has 0 fully saturated rings. The molecular weight excluding hydrogens is 649 g/mol. The van der Waals surface area contributed by atoms with Gasteiger partial charge in [-0.15, -0.1) is 0 Å². The fourth-order valence-corrected chi connectivity index (χ4v) is 6.82. The molecule has 0 aliphatic heterocycles. The summed E-state index contributed by atoms with van der Waals surface area (Å²) >= 11 is 0. The van der Waals surface area contributed by atoms with Crippen molar-refractivity contribution in [3.63, 3.8) is 0 Å². The topological polar surface area (TPSA) is 78.9 Å². The molecule has 6 nitrogen and oxygen atoms in total. The van der Waals surface area contributed by atoms with E-state index in [1.54, 1.807) is 6.07 Å². The fourth-order valence-electron chi connectivity index (χ4n) is 6.82. The lowest BCUT2D eigenvalue weighted by Gasteiger charge is -2.19. The maximum Gasteiger partial charge on any atom is 0.339 e. The average molecular weight is 723 g/mol. The van der Waals surface area contributed by atoms with Crippen LogP contribution < -0.4 is 0 Å². The number of ether oxygens (including phenoxy) is 3. The van der Waals surface area contributed by atoms with Crippen LogP contribution in [0.4, 0.5) is 0 Å². The van der Waals surface area contributed by atoms with E-state index in [0.29, 0.717) is 18.4 Å². The predicted octanol–water partition coefficient (Wildman–Crippen LogP) is 13.4. The molecule has 0 unspecified atom stereocenters. The van der Waals surface area contributed by atoms with Crippen LogP contribution in [-0.4, -0.2) is 37.2 Å². The van der Waals surface area contributed by atoms with Gasteiger partial charge in [-0.2, -0.15) is 0 Å². The second-order valence-corrected chi connectivity index (χ2v) is 14.9. The van der Waals surface area contributed by atoms with Gasteiger partial charge in [0.15, 0.2) is 6.10 Å². The van der Waals surface area contributed by atoms with E-state index in [9.17, 15) is 14.4 Å². The number of rotatable bonds is 34. The first-order valence-corrected chi connectivity index (χ1v) is 21.5. The summed E-state index contributed by atoms with van der Waals surface area (Å²) in [5, 5.41) is 1.72. The Balaban J connectivity index is 1.67. The zero-order valence-corrected chi connectivity index (χ0v) is 33.3. The van der Waals surface area contributed by atoms with Gasteiger partial charge in [-0.05, 0) is 29.7 Å². The smallest absolute Gasteiger partial charge is 0.339 e. The Kier molecular flexibility index (Phi) is 27.5. The summed E-state index contributed by atoms with van der Waals surface area (Å²) in [6, 6.07) is 13.1. The molecule has 0 saturated carbocycles. The molecule has 0 heterocycles. The lowest BCUT2D eigenvalue weighted by atomic mass is 10.0. The van der Waals surface area contributed by atoms with Crippen LogP contribution in [-0.2, 0) is 23.8 Å². The third kappa shape index (κ3) is 22.9. The quantitative estimate of drug-likeness (QED) is 0.0406. The van der Waals surface area contributed by atoms with Crippen molar-refractivity contribution < 1.29 is 28.6 Å². The third-order valence-electron chi connectivity index (χ3n) is 10.1. The highest BCUT2D eigenvalue weighted by molar-refractivity contribution is 6.04. The van der Waals surface area contributed by atoms with Gasteiger partial charge in [0.25, 0.3) is 0 Å². The van der Waals surface area contributed by atoms with Crippen molar-refractivity contribution in [1.82, 2.24) is 0 Å². The lowest BCUT2D eigenvalue weighted by molar-refractivity contribution is -0.152. The normalized spacial score (nSPS) is 11.3. The Bertz CT molecular complexity index is 1140. The number of fused-ring (bicyclic) bond motifs is 1. The standard InChI is InChI=1S/C46H74O6/c1-3-5-7-9-11-13-15-17-19-21-23-25-27-36-44(47)50-38-41(52-46(49)43-35-31-33-40-32-29-30-34-42(40)43)39-51-45(48)37-28-26-24-22-20-18-16-14-12-10-8-6-4-2/h29-35,41H,3-28,36-39H2,1-2H3. The fraction of sp³-hybridized carbons (Fsp3) is 0.717. The molecule has 0 amide bonds. The summed E-state index contributed by atoms with van der Waals surface area (Å²) in [7, 11) is 0. The highest BCUT2D eigenvalue weighted by Gasteiger charge is 2.21. The van der Waals surface area contributed by atoms with Crippen LogP contribution >= 0.6 is 0 Å². The molecule has 52 heavy (non-hydrogen) atoms. The van der Waals surface area contributed by atoms with Crippen LogP contribution in [0.15, 0.2) is 42.5 Å². The molecule has 0 N–H and O–H groups in total. The highest BCUT2D eigenvalue weighted by atomic mass is 16.6. The van der Waals surface area contributed by atoms with Crippen molar-refractivity contribution in [3.8, 4) is 0 Å². The van der Waals surface area contributed by atoms with Crippen LogP contribution in [0.25, 0.3) is 10.8 Å². The average Bonchev–Trinajstić information content (AvgIpc) is 3.16. The summed E-state index contributed by atoms with van der Waals surface area (Å²) in [5.74, 6) is -1.15. The van der Waals surface area contributed by atoms with E-state index in [4.69, 9.17) is 14.2 Å².